The van der Waals surface area contributed by atoms with Gasteiger partial charge < -0.3 is 0 Å². The molecule has 0 radical (unpaired) electrons. The van der Waals surface area contributed by atoms with E-state index in [0.29, 0.717) is 5.82 Å². The number of hydrogen-bond acceptors (Lipinski definition) is 7. The lowest BCUT2D eigenvalue weighted by Gasteiger charge is -2.17. The van der Waals surface area contributed by atoms with E-state index < -0.39 is 0 Å². The Morgan fingerprint density at radius 3 is 1.52 bits per heavy atom. The molecule has 0 aliphatic heterocycles. The largest absolute Gasteiger partial charge is 0.264 e. The minimum absolute atomic E-state index is 0.647. The molecule has 0 unspecified atom stereocenters. The number of aromatic nitrogens is 7. The van der Waals surface area contributed by atoms with E-state index in [-0.39, 0.29) is 0 Å². The van der Waals surface area contributed by atoms with Crippen LogP contribution >= 0.6 is 0 Å². The molecule has 0 saturated carbocycles. The minimum Gasteiger partial charge on any atom is -0.264 e. The van der Waals surface area contributed by atoms with Gasteiger partial charge in [-0.25, -0.2) is 19.9 Å². The van der Waals surface area contributed by atoms with Crippen LogP contribution in [0.25, 0.3) is 175 Å². The third-order valence-electron chi connectivity index (χ3n) is 16.4. The monoisotopic (exact) mass is 1020 g/mol. The predicted molar refractivity (Wildman–Crippen MR) is 331 cm³/mol. The first-order chi connectivity index (χ1) is 39.6. The molecule has 6 heterocycles. The Labute approximate surface area is 457 Å². The zero-order chi connectivity index (χ0) is 52.4. The summed E-state index contributed by atoms with van der Waals surface area (Å²) in [6.07, 6.45) is 9.38. The van der Waals surface area contributed by atoms with Crippen LogP contribution < -0.4 is 0 Å². The number of fused-ring (bicyclic) bond motifs is 17. The summed E-state index contributed by atoms with van der Waals surface area (Å²) in [4.78, 5) is 35.8. The highest BCUT2D eigenvalue weighted by Gasteiger charge is 2.21. The molecule has 0 saturated heterocycles. The maximum absolute atomic E-state index is 5.62. The number of nitrogens with zero attached hydrogens (tertiary/aromatic N) is 7. The highest BCUT2D eigenvalue weighted by atomic mass is 14.9. The summed E-state index contributed by atoms with van der Waals surface area (Å²) in [6, 6.07) is 78.1. The fourth-order valence-electron chi connectivity index (χ4n) is 12.8. The molecule has 80 heavy (non-hydrogen) atoms. The summed E-state index contributed by atoms with van der Waals surface area (Å²) >= 11 is 0. The van der Waals surface area contributed by atoms with Crippen molar-refractivity contribution in [3.8, 4) is 56.3 Å². The van der Waals surface area contributed by atoms with Crippen molar-refractivity contribution < 1.29 is 0 Å². The van der Waals surface area contributed by atoms with Gasteiger partial charge in [0, 0.05) is 69.0 Å². The van der Waals surface area contributed by atoms with Crippen molar-refractivity contribution in [3.63, 3.8) is 0 Å². The van der Waals surface area contributed by atoms with Gasteiger partial charge in [0.1, 0.15) is 0 Å². The van der Waals surface area contributed by atoms with E-state index in [1.54, 1.807) is 0 Å². The lowest BCUT2D eigenvalue weighted by atomic mass is 9.89. The molecule has 368 valence electrons. The van der Waals surface area contributed by atoms with Gasteiger partial charge in [-0.15, -0.1) is 0 Å². The van der Waals surface area contributed by atoms with E-state index in [1.165, 1.54) is 59.4 Å². The Bertz CT molecular complexity index is 5520. The fraction of sp³-hybridized carbons (Fsp3) is 0. The van der Waals surface area contributed by atoms with Gasteiger partial charge in [0.05, 0.1) is 39.1 Å². The van der Waals surface area contributed by atoms with Gasteiger partial charge >= 0.3 is 0 Å². The van der Waals surface area contributed by atoms with Crippen LogP contribution in [0.1, 0.15) is 0 Å². The molecule has 0 amide bonds. The van der Waals surface area contributed by atoms with Crippen molar-refractivity contribution in [1.29, 1.82) is 0 Å². The topological polar surface area (TPSA) is 90.2 Å². The SMILES string of the molecule is c1ccc2c(c1)ccc1cc(-c3cc(-c4ccc5c(-c6cc7ccc(-c8ccnc(-c9cc%10ccc%11ccccc%11c%10c%10ccccc9%10)n8)nc7c7ncccc67)cc6cccnc6c5n4)c4cnccc4c3)c3ccccc3c12. The van der Waals surface area contributed by atoms with E-state index in [4.69, 9.17) is 29.9 Å². The Morgan fingerprint density at radius 2 is 0.775 bits per heavy atom. The molecule has 11 aromatic carbocycles. The molecule has 6 aromatic heterocycles. The molecule has 0 spiro atoms. The van der Waals surface area contributed by atoms with Crippen molar-refractivity contribution in [2.45, 2.75) is 0 Å². The number of hydrogen-bond donors (Lipinski definition) is 0. The molecule has 17 aromatic rings. The molecule has 17 rings (SSSR count). The first-order valence-corrected chi connectivity index (χ1v) is 26.9. The average molecular weight is 1020 g/mol. The molecular formula is C73H41N7. The standard InChI is InChI=1S/C73H41N7/c1-3-14-50-42(11-1)21-23-45-36-58(52-16-5-7-18-54(52)67(45)50)49-35-44-29-33-74-41-63(44)61(40-49)64-28-26-57-60(38-47-13-9-31-75-69(47)72(57)78-64)59-39-48-25-27-65(79-70(48)71-56(59)20-10-32-76-71)66-30-34-77-73(80-66)62-37-46-24-22-43-12-2-4-15-51(43)68(46)55-19-8-6-17-53(55)62/h1-41H. The number of benzene rings is 11. The zero-order valence-electron chi connectivity index (χ0n) is 42.8. The Hall–Kier alpha value is -10.9. The first-order valence-electron chi connectivity index (χ1n) is 26.9. The van der Waals surface area contributed by atoms with Crippen molar-refractivity contribution in [2.75, 3.05) is 0 Å². The van der Waals surface area contributed by atoms with E-state index in [0.717, 1.165) is 110 Å². The summed E-state index contributed by atoms with van der Waals surface area (Å²) in [7, 11) is 0. The molecular weight excluding hydrogens is 975 g/mol. The summed E-state index contributed by atoms with van der Waals surface area (Å²) in [6.45, 7) is 0. The second-order valence-electron chi connectivity index (χ2n) is 20.8. The van der Waals surface area contributed by atoms with Gasteiger partial charge in [0.25, 0.3) is 0 Å². The number of rotatable bonds is 5. The highest BCUT2D eigenvalue weighted by molar-refractivity contribution is 6.25. The summed E-state index contributed by atoms with van der Waals surface area (Å²) in [5.74, 6) is 0.647. The molecule has 0 aliphatic carbocycles. The third-order valence-corrected chi connectivity index (χ3v) is 16.4. The van der Waals surface area contributed by atoms with Gasteiger partial charge in [0.2, 0.25) is 0 Å². The molecule has 0 atom stereocenters. The zero-order valence-corrected chi connectivity index (χ0v) is 42.8. The average Bonchev–Trinajstić information content (AvgIpc) is 3.53. The van der Waals surface area contributed by atoms with Crippen LogP contribution in [0.2, 0.25) is 0 Å². The Balaban J connectivity index is 0.808. The Morgan fingerprint density at radius 1 is 0.237 bits per heavy atom. The fourth-order valence-corrected chi connectivity index (χ4v) is 12.8. The quantitative estimate of drug-likeness (QED) is 0.159. The summed E-state index contributed by atoms with van der Waals surface area (Å²) < 4.78 is 0. The predicted octanol–water partition coefficient (Wildman–Crippen LogP) is 18.5. The van der Waals surface area contributed by atoms with E-state index in [9.17, 15) is 0 Å². The maximum Gasteiger partial charge on any atom is 0.160 e. The Kier molecular flexibility index (Phi) is 9.58. The molecule has 7 heteroatoms. The minimum atomic E-state index is 0.647. The van der Waals surface area contributed by atoms with Crippen LogP contribution in [-0.2, 0) is 0 Å². The van der Waals surface area contributed by atoms with E-state index in [2.05, 4.69) is 205 Å². The normalized spacial score (nSPS) is 12.0. The highest BCUT2D eigenvalue weighted by Crippen LogP contribution is 2.45. The third kappa shape index (κ3) is 6.77. The van der Waals surface area contributed by atoms with Crippen LogP contribution in [-0.4, -0.2) is 34.9 Å². The van der Waals surface area contributed by atoms with Gasteiger partial charge in [-0.2, -0.15) is 0 Å². The van der Waals surface area contributed by atoms with Crippen molar-refractivity contribution in [1.82, 2.24) is 34.9 Å². The number of pyridine rings is 5. The lowest BCUT2D eigenvalue weighted by molar-refractivity contribution is 1.17. The molecule has 0 N–H and O–H groups in total. The van der Waals surface area contributed by atoms with Crippen LogP contribution in [0.5, 0.6) is 0 Å². The lowest BCUT2D eigenvalue weighted by Crippen LogP contribution is -1.96. The van der Waals surface area contributed by atoms with Crippen molar-refractivity contribution in [2.24, 2.45) is 0 Å². The van der Waals surface area contributed by atoms with Gasteiger partial charge in [0.15, 0.2) is 5.82 Å². The second-order valence-corrected chi connectivity index (χ2v) is 20.8. The van der Waals surface area contributed by atoms with Crippen LogP contribution in [0, 0.1) is 0 Å². The maximum atomic E-state index is 5.62. The molecule has 0 aliphatic rings. The van der Waals surface area contributed by atoms with Gasteiger partial charge in [-0.1, -0.05) is 140 Å². The van der Waals surface area contributed by atoms with Crippen molar-refractivity contribution in [3.05, 3.63) is 249 Å². The summed E-state index contributed by atoms with van der Waals surface area (Å²) in [5, 5.41) is 20.5. The second kappa shape index (κ2) is 17.3. The molecule has 0 fully saturated rings. The van der Waals surface area contributed by atoms with Crippen molar-refractivity contribution >= 4 is 119 Å². The van der Waals surface area contributed by atoms with Crippen LogP contribution in [0.15, 0.2) is 249 Å². The smallest absolute Gasteiger partial charge is 0.160 e. The van der Waals surface area contributed by atoms with Gasteiger partial charge in [-0.3, -0.25) is 15.0 Å². The molecule has 0 bridgehead atoms. The van der Waals surface area contributed by atoms with Crippen LogP contribution in [0.3, 0.4) is 0 Å². The summed E-state index contributed by atoms with van der Waals surface area (Å²) in [5.41, 5.74) is 11.9. The van der Waals surface area contributed by atoms with Gasteiger partial charge in [-0.05, 0) is 171 Å². The first kappa shape index (κ1) is 44.3. The van der Waals surface area contributed by atoms with E-state index >= 15 is 0 Å². The molecule has 7 nitrogen and oxygen atoms in total. The van der Waals surface area contributed by atoms with Crippen LogP contribution in [0.4, 0.5) is 0 Å². The van der Waals surface area contributed by atoms with E-state index in [1.807, 2.05) is 49.2 Å².